The van der Waals surface area contributed by atoms with E-state index in [2.05, 4.69) is 42.5 Å². The SMILES string of the molecule is Cc1ccc(NC(=O)c2ccnc(C(C)(F)F)c2)cc1-c1ccc2c(c1)N1CCOC[C@@H]1C[C@]2(C)O.Cc1ccc(NC(=O)c2ccnc(C(C)(F)F)c2)cc1-c1ccc2c(c1)N1CCOC[C@H]1C[C@@]2(C)O. The van der Waals surface area contributed by atoms with Crippen LogP contribution in [0.3, 0.4) is 0 Å². The lowest BCUT2D eigenvalue weighted by Gasteiger charge is -2.47. The Morgan fingerprint density at radius 2 is 1.01 bits per heavy atom. The van der Waals surface area contributed by atoms with E-state index >= 15 is 0 Å². The van der Waals surface area contributed by atoms with E-state index in [-0.39, 0.29) is 23.2 Å². The molecule has 10 rings (SSSR count). The van der Waals surface area contributed by atoms with Crippen LogP contribution in [0.2, 0.25) is 0 Å². The van der Waals surface area contributed by atoms with Crippen molar-refractivity contribution in [1.29, 1.82) is 0 Å². The van der Waals surface area contributed by atoms with Gasteiger partial charge in [0, 0.05) is 97.2 Å². The molecule has 0 aliphatic carbocycles. The number of anilines is 4. The standard InChI is InChI=1S/2C28H29F2N3O3/c2*1-17-4-6-20(32-26(34)19-8-9-31-25(13-19)28(3,29)30)14-22(17)18-5-7-23-24(12-18)33-10-11-36-16-21(33)15-27(23,2)35/h2*4-9,12-14,21,35H,10-11,15-16H2,1-3H3,(H,32,34)/t2*21-,27-/m10/s1. The highest BCUT2D eigenvalue weighted by Gasteiger charge is 2.42. The van der Waals surface area contributed by atoms with Crippen LogP contribution in [0.25, 0.3) is 22.3 Å². The molecule has 4 atom stereocenters. The molecule has 2 fully saturated rings. The number of halogens is 4. The van der Waals surface area contributed by atoms with E-state index in [0.717, 1.165) is 95.0 Å². The largest absolute Gasteiger partial charge is 0.385 e. The Labute approximate surface area is 416 Å². The lowest BCUT2D eigenvalue weighted by molar-refractivity contribution is 0.00401. The minimum atomic E-state index is -3.14. The first-order chi connectivity index (χ1) is 34.1. The highest BCUT2D eigenvalue weighted by Crippen LogP contribution is 2.46. The summed E-state index contributed by atoms with van der Waals surface area (Å²) in [7, 11) is 0. The molecule has 4 aromatic carbocycles. The van der Waals surface area contributed by atoms with Crippen molar-refractivity contribution in [1.82, 2.24) is 9.97 Å². The maximum atomic E-state index is 13.7. The number of amides is 2. The average Bonchev–Trinajstić information content (AvgIpc) is 3.34. The summed E-state index contributed by atoms with van der Waals surface area (Å²) in [5.41, 5.74) is 8.13. The number of benzene rings is 4. The highest BCUT2D eigenvalue weighted by atomic mass is 19.3. The number of carbonyl (C=O) groups excluding carboxylic acids is 2. The average molecular weight is 987 g/mol. The lowest BCUT2D eigenvalue weighted by atomic mass is 9.81. The smallest absolute Gasteiger partial charge is 0.286 e. The second kappa shape index (κ2) is 19.4. The highest BCUT2D eigenvalue weighted by molar-refractivity contribution is 6.05. The molecule has 0 bridgehead atoms. The van der Waals surface area contributed by atoms with Crippen molar-refractivity contribution >= 4 is 34.6 Å². The third-order valence-electron chi connectivity index (χ3n) is 14.1. The second-order valence-electron chi connectivity index (χ2n) is 19.9. The predicted octanol–water partition coefficient (Wildman–Crippen LogP) is 10.5. The van der Waals surface area contributed by atoms with Crippen molar-refractivity contribution in [2.24, 2.45) is 0 Å². The topological polar surface area (TPSA) is 149 Å². The van der Waals surface area contributed by atoms with Crippen LogP contribution in [-0.4, -0.2) is 83.6 Å². The zero-order chi connectivity index (χ0) is 51.3. The Balaban J connectivity index is 0.000000178. The molecule has 376 valence electrons. The van der Waals surface area contributed by atoms with E-state index in [1.54, 1.807) is 12.1 Å². The molecular weight excluding hydrogens is 929 g/mol. The number of hydrogen-bond acceptors (Lipinski definition) is 10. The number of aliphatic hydroxyl groups is 2. The summed E-state index contributed by atoms with van der Waals surface area (Å²) in [5, 5.41) is 27.9. The van der Waals surface area contributed by atoms with E-state index in [1.807, 2.05) is 76.2 Å². The number of aryl methyl sites for hydroxylation is 2. The summed E-state index contributed by atoms with van der Waals surface area (Å²) in [6, 6.07) is 28.5. The number of rotatable bonds is 8. The Morgan fingerprint density at radius 1 is 0.611 bits per heavy atom. The van der Waals surface area contributed by atoms with E-state index in [9.17, 15) is 37.4 Å². The normalized spacial score (nSPS) is 21.5. The first-order valence-electron chi connectivity index (χ1n) is 24.0. The van der Waals surface area contributed by atoms with E-state index < -0.39 is 46.2 Å². The van der Waals surface area contributed by atoms with E-state index in [0.29, 0.717) is 50.6 Å². The first-order valence-corrected chi connectivity index (χ1v) is 24.0. The number of ether oxygens (including phenoxy) is 2. The summed E-state index contributed by atoms with van der Waals surface area (Å²) in [4.78, 5) is 37.6. The molecule has 0 saturated carbocycles. The second-order valence-corrected chi connectivity index (χ2v) is 19.9. The number of carbonyl (C=O) groups is 2. The molecule has 4 aliphatic rings. The van der Waals surface area contributed by atoms with Gasteiger partial charge in [-0.25, -0.2) is 0 Å². The maximum absolute atomic E-state index is 13.7. The quantitative estimate of drug-likeness (QED) is 0.109. The third kappa shape index (κ3) is 10.4. The van der Waals surface area contributed by atoms with Gasteiger partial charge in [0.2, 0.25) is 0 Å². The van der Waals surface area contributed by atoms with Gasteiger partial charge in [0.1, 0.15) is 11.4 Å². The van der Waals surface area contributed by atoms with Gasteiger partial charge >= 0.3 is 0 Å². The Bertz CT molecular complexity index is 2840. The minimum absolute atomic E-state index is 0.109. The van der Waals surface area contributed by atoms with Crippen molar-refractivity contribution in [3.8, 4) is 22.3 Å². The Kier molecular flexibility index (Phi) is 13.5. The van der Waals surface area contributed by atoms with Crippen LogP contribution in [0.5, 0.6) is 0 Å². The molecule has 2 amide bonds. The van der Waals surface area contributed by atoms with Crippen LogP contribution >= 0.6 is 0 Å². The number of fused-ring (bicyclic) bond motifs is 6. The molecule has 6 aromatic rings. The zero-order valence-electron chi connectivity index (χ0n) is 41.0. The molecule has 0 radical (unpaired) electrons. The first kappa shape index (κ1) is 50.2. The molecule has 4 aliphatic heterocycles. The van der Waals surface area contributed by atoms with Crippen LogP contribution < -0.4 is 20.4 Å². The molecular formula is C56H58F4N6O6. The van der Waals surface area contributed by atoms with Crippen LogP contribution in [-0.2, 0) is 32.5 Å². The number of nitrogens with one attached hydrogen (secondary N) is 2. The van der Waals surface area contributed by atoms with E-state index in [1.165, 1.54) is 24.5 Å². The molecule has 16 heteroatoms. The van der Waals surface area contributed by atoms with Crippen molar-refractivity contribution in [2.45, 2.75) is 89.5 Å². The lowest BCUT2D eigenvalue weighted by Crippen LogP contribution is -2.52. The Morgan fingerprint density at radius 3 is 1.40 bits per heavy atom. The summed E-state index contributed by atoms with van der Waals surface area (Å²) in [5.74, 6) is -7.25. The summed E-state index contributed by atoms with van der Waals surface area (Å²) in [6.07, 6.45) is 3.65. The number of alkyl halides is 4. The molecule has 2 saturated heterocycles. The summed E-state index contributed by atoms with van der Waals surface area (Å²) >= 11 is 0. The van der Waals surface area contributed by atoms with Crippen LogP contribution in [0.1, 0.15) is 94.9 Å². The Hall–Kier alpha value is -6.72. The number of pyridine rings is 2. The van der Waals surface area contributed by atoms with Gasteiger partial charge in [0.05, 0.1) is 49.7 Å². The zero-order valence-corrected chi connectivity index (χ0v) is 41.0. The van der Waals surface area contributed by atoms with Gasteiger partial charge in [-0.2, -0.15) is 17.6 Å². The fourth-order valence-electron chi connectivity index (χ4n) is 10.3. The molecule has 4 N–H and O–H groups in total. The summed E-state index contributed by atoms with van der Waals surface area (Å²) < 4.78 is 66.0. The van der Waals surface area contributed by atoms with Gasteiger partial charge in [-0.1, -0.05) is 36.4 Å². The van der Waals surface area contributed by atoms with Gasteiger partial charge in [0.25, 0.3) is 23.7 Å². The van der Waals surface area contributed by atoms with Gasteiger partial charge in [0.15, 0.2) is 0 Å². The minimum Gasteiger partial charge on any atom is -0.385 e. The number of morpholine rings is 2. The molecule has 12 nitrogen and oxygen atoms in total. The van der Waals surface area contributed by atoms with Gasteiger partial charge < -0.3 is 40.1 Å². The molecule has 0 spiro atoms. The molecule has 72 heavy (non-hydrogen) atoms. The number of hydrogen-bond donors (Lipinski definition) is 4. The van der Waals surface area contributed by atoms with E-state index in [4.69, 9.17) is 9.47 Å². The van der Waals surface area contributed by atoms with Crippen molar-refractivity contribution in [3.63, 3.8) is 0 Å². The fourth-order valence-corrected chi connectivity index (χ4v) is 10.3. The molecule has 6 heterocycles. The van der Waals surface area contributed by atoms with Crippen LogP contribution in [0, 0.1) is 13.8 Å². The van der Waals surface area contributed by atoms with Gasteiger partial charge in [-0.05, 0) is 122 Å². The van der Waals surface area contributed by atoms with Crippen LogP contribution in [0.15, 0.2) is 109 Å². The third-order valence-corrected chi connectivity index (χ3v) is 14.1. The summed E-state index contributed by atoms with van der Waals surface area (Å²) in [6.45, 7) is 13.2. The number of nitrogens with zero attached hydrogens (tertiary/aromatic N) is 4. The van der Waals surface area contributed by atoms with Gasteiger partial charge in [-0.15, -0.1) is 0 Å². The van der Waals surface area contributed by atoms with Crippen molar-refractivity contribution in [3.05, 3.63) is 154 Å². The number of aromatic nitrogens is 2. The molecule has 0 unspecified atom stereocenters. The van der Waals surface area contributed by atoms with Crippen molar-refractivity contribution in [2.75, 3.05) is 60.0 Å². The molecule has 2 aromatic heterocycles. The maximum Gasteiger partial charge on any atom is 0.286 e. The van der Waals surface area contributed by atoms with Gasteiger partial charge in [-0.3, -0.25) is 19.6 Å². The van der Waals surface area contributed by atoms with Crippen molar-refractivity contribution < 1.29 is 46.8 Å². The predicted molar refractivity (Wildman–Crippen MR) is 269 cm³/mol. The fraction of sp³-hybridized carbons (Fsp3) is 0.357. The van der Waals surface area contributed by atoms with Crippen LogP contribution in [0.4, 0.5) is 40.3 Å². The monoisotopic (exact) mass is 986 g/mol.